The summed E-state index contributed by atoms with van der Waals surface area (Å²) in [7, 11) is 0. The summed E-state index contributed by atoms with van der Waals surface area (Å²) in [6, 6.07) is 41.1. The predicted octanol–water partition coefficient (Wildman–Crippen LogP) is 7.22. The van der Waals surface area contributed by atoms with Crippen LogP contribution in [0.4, 0.5) is 5.69 Å². The summed E-state index contributed by atoms with van der Waals surface area (Å²) in [5.74, 6) is -0.179. The number of esters is 1. The number of carbonyl (C=O) groups excluding carboxylic acids is 2. The van der Waals surface area contributed by atoms with Gasteiger partial charge in [-0.1, -0.05) is 109 Å². The fourth-order valence-corrected chi connectivity index (χ4v) is 4.18. The first-order chi connectivity index (χ1) is 21.1. The average molecular weight is 574 g/mol. The minimum Gasteiger partial charge on any atom is -0.485 e. The van der Waals surface area contributed by atoms with Crippen molar-refractivity contribution < 1.29 is 28.5 Å². The van der Waals surface area contributed by atoms with E-state index in [-0.39, 0.29) is 25.4 Å². The second-order valence-electron chi connectivity index (χ2n) is 9.61. The van der Waals surface area contributed by atoms with Crippen molar-refractivity contribution in [3.63, 3.8) is 0 Å². The van der Waals surface area contributed by atoms with Crippen molar-refractivity contribution in [3.8, 4) is 17.2 Å². The Hall–Kier alpha value is -5.56. The van der Waals surface area contributed by atoms with Crippen LogP contribution in [0.2, 0.25) is 0 Å². The smallest absolute Gasteiger partial charge is 0.338 e. The van der Waals surface area contributed by atoms with E-state index in [1.54, 1.807) is 36.4 Å². The molecule has 5 aromatic carbocycles. The van der Waals surface area contributed by atoms with E-state index in [0.717, 1.165) is 16.7 Å². The van der Waals surface area contributed by atoms with Crippen LogP contribution in [0.5, 0.6) is 17.2 Å². The van der Waals surface area contributed by atoms with Crippen LogP contribution >= 0.6 is 0 Å². The van der Waals surface area contributed by atoms with E-state index >= 15 is 0 Å². The minimum atomic E-state index is -0.702. The molecule has 0 spiro atoms. The molecule has 0 saturated carbocycles. The summed E-state index contributed by atoms with van der Waals surface area (Å²) in [4.78, 5) is 25.6. The quantitative estimate of drug-likeness (QED) is 0.150. The number of hydrogen-bond donors (Lipinski definition) is 1. The first-order valence-corrected chi connectivity index (χ1v) is 13.8. The second-order valence-corrected chi connectivity index (χ2v) is 9.61. The molecule has 0 aliphatic carbocycles. The van der Waals surface area contributed by atoms with Gasteiger partial charge in [0.2, 0.25) is 5.75 Å². The molecule has 216 valence electrons. The maximum absolute atomic E-state index is 13.2. The van der Waals surface area contributed by atoms with Crippen molar-refractivity contribution in [2.24, 2.45) is 0 Å². The Morgan fingerprint density at radius 2 is 0.953 bits per heavy atom. The molecule has 0 aromatic heterocycles. The lowest BCUT2D eigenvalue weighted by Gasteiger charge is -2.19. The molecule has 7 nitrogen and oxygen atoms in total. The average Bonchev–Trinajstić information content (AvgIpc) is 3.06. The number of carbonyl (C=O) groups is 2. The van der Waals surface area contributed by atoms with Gasteiger partial charge < -0.3 is 24.3 Å². The number of para-hydroxylation sites is 1. The molecule has 0 radical (unpaired) electrons. The van der Waals surface area contributed by atoms with Gasteiger partial charge in [-0.25, -0.2) is 4.79 Å². The second kappa shape index (κ2) is 14.9. The third-order valence-corrected chi connectivity index (χ3v) is 6.35. The number of ether oxygens (including phenoxy) is 4. The van der Waals surface area contributed by atoms with Gasteiger partial charge in [-0.05, 0) is 41.0 Å². The number of benzene rings is 5. The summed E-state index contributed by atoms with van der Waals surface area (Å²) in [5, 5.41) is 2.70. The molecule has 7 heteroatoms. The number of hydrogen-bond acceptors (Lipinski definition) is 6. The number of nitrogens with one attached hydrogen (secondary N) is 1. The van der Waals surface area contributed by atoms with Crippen LogP contribution in [0.15, 0.2) is 133 Å². The van der Waals surface area contributed by atoms with Crippen LogP contribution in [-0.4, -0.2) is 18.5 Å². The highest BCUT2D eigenvalue weighted by Gasteiger charge is 2.21. The van der Waals surface area contributed by atoms with E-state index in [2.05, 4.69) is 5.32 Å². The zero-order chi connectivity index (χ0) is 29.7. The van der Waals surface area contributed by atoms with Crippen molar-refractivity contribution in [1.82, 2.24) is 0 Å². The molecule has 5 rings (SSSR count). The number of amides is 1. The fourth-order valence-electron chi connectivity index (χ4n) is 4.18. The number of anilines is 1. The molecule has 1 amide bonds. The van der Waals surface area contributed by atoms with Gasteiger partial charge in [0.25, 0.3) is 5.91 Å². The maximum Gasteiger partial charge on any atom is 0.338 e. The molecule has 0 heterocycles. The van der Waals surface area contributed by atoms with Gasteiger partial charge in [0.15, 0.2) is 18.1 Å². The molecule has 5 aromatic rings. The molecule has 0 atom stereocenters. The van der Waals surface area contributed by atoms with E-state index < -0.39 is 18.5 Å². The van der Waals surface area contributed by atoms with Gasteiger partial charge in [-0.3, -0.25) is 4.79 Å². The van der Waals surface area contributed by atoms with E-state index in [0.29, 0.717) is 22.9 Å². The van der Waals surface area contributed by atoms with Crippen LogP contribution in [0, 0.1) is 0 Å². The van der Waals surface area contributed by atoms with Crippen molar-refractivity contribution in [2.75, 3.05) is 11.9 Å². The number of rotatable bonds is 13. The Labute approximate surface area is 250 Å². The summed E-state index contributed by atoms with van der Waals surface area (Å²) < 4.78 is 24.0. The third kappa shape index (κ3) is 8.71. The first kappa shape index (κ1) is 29.0. The Bertz CT molecular complexity index is 1550. The van der Waals surface area contributed by atoms with Gasteiger partial charge in [-0.2, -0.15) is 0 Å². The van der Waals surface area contributed by atoms with Gasteiger partial charge in [-0.15, -0.1) is 0 Å². The highest BCUT2D eigenvalue weighted by molar-refractivity contribution is 5.96. The Kier molecular flexibility index (Phi) is 10.0. The van der Waals surface area contributed by atoms with Gasteiger partial charge in [0, 0.05) is 5.69 Å². The Morgan fingerprint density at radius 3 is 1.42 bits per heavy atom. The van der Waals surface area contributed by atoms with Crippen molar-refractivity contribution >= 4 is 17.6 Å². The van der Waals surface area contributed by atoms with Gasteiger partial charge >= 0.3 is 5.97 Å². The maximum atomic E-state index is 13.2. The van der Waals surface area contributed by atoms with E-state index in [9.17, 15) is 9.59 Å². The van der Waals surface area contributed by atoms with Crippen LogP contribution in [0.3, 0.4) is 0 Å². The molecule has 43 heavy (non-hydrogen) atoms. The molecular formula is C36H31NO6. The lowest BCUT2D eigenvalue weighted by Crippen LogP contribution is -2.21. The lowest BCUT2D eigenvalue weighted by molar-refractivity contribution is -0.119. The molecule has 1 N–H and O–H groups in total. The summed E-state index contributed by atoms with van der Waals surface area (Å²) in [5.41, 5.74) is 3.60. The van der Waals surface area contributed by atoms with Crippen molar-refractivity contribution in [1.29, 1.82) is 0 Å². The SMILES string of the molecule is O=C(COC(=O)c1cc(OCc2ccccc2)c(OCc2ccccc2)c(OCc2ccccc2)c1)Nc1ccccc1. The molecule has 0 fully saturated rings. The van der Waals surface area contributed by atoms with Crippen LogP contribution in [-0.2, 0) is 29.4 Å². The van der Waals surface area contributed by atoms with Crippen LogP contribution in [0.25, 0.3) is 0 Å². The standard InChI is InChI=1S/C36H31NO6/c38-34(37-31-19-11-4-12-20-31)26-43-36(39)30-21-32(40-23-27-13-5-1-6-14-27)35(42-25-29-17-9-3-10-18-29)33(22-30)41-24-28-15-7-2-8-16-28/h1-22H,23-26H2,(H,37,38). The zero-order valence-corrected chi connectivity index (χ0v) is 23.5. The van der Waals surface area contributed by atoms with Crippen molar-refractivity contribution in [3.05, 3.63) is 156 Å². The molecule has 0 bridgehead atoms. The van der Waals surface area contributed by atoms with E-state index in [1.165, 1.54) is 0 Å². The summed E-state index contributed by atoms with van der Waals surface area (Å²) in [6.45, 7) is 0.269. The Balaban J connectivity index is 1.41. The lowest BCUT2D eigenvalue weighted by atomic mass is 10.1. The normalized spacial score (nSPS) is 10.4. The monoisotopic (exact) mass is 573 g/mol. The summed E-state index contributed by atoms with van der Waals surface area (Å²) >= 11 is 0. The predicted molar refractivity (Wildman–Crippen MR) is 164 cm³/mol. The van der Waals surface area contributed by atoms with Gasteiger partial charge in [0.1, 0.15) is 19.8 Å². The highest BCUT2D eigenvalue weighted by Crippen LogP contribution is 2.40. The third-order valence-electron chi connectivity index (χ3n) is 6.35. The Morgan fingerprint density at radius 1 is 0.535 bits per heavy atom. The topological polar surface area (TPSA) is 83.1 Å². The first-order valence-electron chi connectivity index (χ1n) is 13.8. The van der Waals surface area contributed by atoms with Crippen LogP contribution < -0.4 is 19.5 Å². The largest absolute Gasteiger partial charge is 0.485 e. The van der Waals surface area contributed by atoms with E-state index in [1.807, 2.05) is 97.1 Å². The van der Waals surface area contributed by atoms with Crippen LogP contribution in [0.1, 0.15) is 27.0 Å². The molecule has 0 aliphatic heterocycles. The highest BCUT2D eigenvalue weighted by atomic mass is 16.5. The fraction of sp³-hybridized carbons (Fsp3) is 0.111. The van der Waals surface area contributed by atoms with Crippen molar-refractivity contribution in [2.45, 2.75) is 19.8 Å². The molecule has 0 unspecified atom stereocenters. The van der Waals surface area contributed by atoms with Gasteiger partial charge in [0.05, 0.1) is 5.56 Å². The summed E-state index contributed by atoms with van der Waals surface area (Å²) in [6.07, 6.45) is 0. The van der Waals surface area contributed by atoms with E-state index in [4.69, 9.17) is 18.9 Å². The molecular weight excluding hydrogens is 542 g/mol. The molecule has 0 aliphatic rings. The molecule has 0 saturated heterocycles. The minimum absolute atomic E-state index is 0.158. The zero-order valence-electron chi connectivity index (χ0n) is 23.5.